The zero-order chi connectivity index (χ0) is 14.7. The van der Waals surface area contributed by atoms with Gasteiger partial charge in [-0.1, -0.05) is 0 Å². The van der Waals surface area contributed by atoms with E-state index in [1.54, 1.807) is 0 Å². The molecular weight excluding hydrogens is 269 g/mol. The summed E-state index contributed by atoms with van der Waals surface area (Å²) in [6.07, 6.45) is 2.33. The minimum atomic E-state index is -0.930. The van der Waals surface area contributed by atoms with Crippen LogP contribution < -0.4 is 5.32 Å². The van der Waals surface area contributed by atoms with Crippen molar-refractivity contribution in [2.24, 2.45) is 0 Å². The van der Waals surface area contributed by atoms with Gasteiger partial charge in [0.25, 0.3) is 11.6 Å². The maximum Gasteiger partial charge on any atom is 0.272 e. The van der Waals surface area contributed by atoms with Crippen molar-refractivity contribution in [3.05, 3.63) is 58.2 Å². The molecule has 2 rings (SSSR count). The van der Waals surface area contributed by atoms with Gasteiger partial charge in [0.2, 0.25) is 0 Å². The number of aromatic nitrogens is 1. The number of carbonyl (C=O) groups is 1. The van der Waals surface area contributed by atoms with Crippen LogP contribution in [0.15, 0.2) is 36.7 Å². The lowest BCUT2D eigenvalue weighted by atomic mass is 10.2. The highest BCUT2D eigenvalue weighted by atomic mass is 19.1. The number of nitrogens with zero attached hydrogens (tertiary/aromatic N) is 2. The van der Waals surface area contributed by atoms with Gasteiger partial charge in [-0.15, -0.1) is 0 Å². The van der Waals surface area contributed by atoms with E-state index >= 15 is 0 Å². The summed E-state index contributed by atoms with van der Waals surface area (Å²) in [6, 6.07) is 4.02. The standard InChI is InChI=1S/C12H8FN3O4/c13-10-4-8(16(19)20)1-2-11(10)15-12(18)7-3-9(17)6-14-5-7/h1-6,17H,(H,15,18). The Hall–Kier alpha value is -3.03. The molecule has 1 amide bonds. The summed E-state index contributed by atoms with van der Waals surface area (Å²) in [6.45, 7) is 0. The van der Waals surface area contributed by atoms with E-state index in [0.29, 0.717) is 6.07 Å². The molecule has 0 aliphatic heterocycles. The third-order valence-electron chi connectivity index (χ3n) is 2.40. The molecule has 0 saturated heterocycles. The highest BCUT2D eigenvalue weighted by Crippen LogP contribution is 2.21. The molecule has 0 radical (unpaired) electrons. The van der Waals surface area contributed by atoms with Crippen LogP contribution in [0.2, 0.25) is 0 Å². The monoisotopic (exact) mass is 277 g/mol. The molecule has 8 heteroatoms. The Bertz CT molecular complexity index is 690. The second-order valence-corrected chi connectivity index (χ2v) is 3.81. The number of hydrogen-bond acceptors (Lipinski definition) is 5. The van der Waals surface area contributed by atoms with Gasteiger partial charge in [-0.2, -0.15) is 0 Å². The summed E-state index contributed by atoms with van der Waals surface area (Å²) in [7, 11) is 0. The second-order valence-electron chi connectivity index (χ2n) is 3.81. The van der Waals surface area contributed by atoms with E-state index in [-0.39, 0.29) is 17.0 Å². The number of amides is 1. The minimum absolute atomic E-state index is 0.0303. The summed E-state index contributed by atoms with van der Waals surface area (Å²) in [5.41, 5.74) is -0.591. The number of benzene rings is 1. The second kappa shape index (κ2) is 5.31. The Morgan fingerprint density at radius 1 is 1.35 bits per heavy atom. The average Bonchev–Trinajstić information content (AvgIpc) is 2.40. The van der Waals surface area contributed by atoms with Gasteiger partial charge in [0.15, 0.2) is 5.82 Å². The number of hydrogen-bond donors (Lipinski definition) is 2. The Kier molecular flexibility index (Phi) is 3.56. The highest BCUT2D eigenvalue weighted by molar-refractivity contribution is 6.04. The number of anilines is 1. The van der Waals surface area contributed by atoms with Crippen molar-refractivity contribution in [2.45, 2.75) is 0 Å². The Labute approximate surface area is 111 Å². The van der Waals surface area contributed by atoms with E-state index in [9.17, 15) is 24.4 Å². The number of nitro groups is 1. The molecule has 2 aromatic rings. The molecule has 0 saturated carbocycles. The lowest BCUT2D eigenvalue weighted by molar-refractivity contribution is -0.385. The smallest absolute Gasteiger partial charge is 0.272 e. The zero-order valence-corrected chi connectivity index (χ0v) is 9.91. The summed E-state index contributed by atoms with van der Waals surface area (Å²) in [5.74, 6) is -1.83. The summed E-state index contributed by atoms with van der Waals surface area (Å²) >= 11 is 0. The first-order valence-corrected chi connectivity index (χ1v) is 5.36. The Balaban J connectivity index is 2.22. The maximum atomic E-state index is 13.6. The van der Waals surface area contributed by atoms with Crippen LogP contribution in [0, 0.1) is 15.9 Å². The van der Waals surface area contributed by atoms with Crippen LogP contribution in [0.25, 0.3) is 0 Å². The number of rotatable bonds is 3. The van der Waals surface area contributed by atoms with Crippen LogP contribution in [-0.4, -0.2) is 20.9 Å². The van der Waals surface area contributed by atoms with E-state index < -0.39 is 22.3 Å². The molecule has 102 valence electrons. The first kappa shape index (κ1) is 13.4. The number of halogens is 1. The predicted octanol–water partition coefficient (Wildman–Crippen LogP) is 2.09. The van der Waals surface area contributed by atoms with Crippen LogP contribution in [0.5, 0.6) is 5.75 Å². The molecule has 0 fully saturated rings. The van der Waals surface area contributed by atoms with Crippen molar-refractivity contribution in [3.8, 4) is 5.75 Å². The van der Waals surface area contributed by atoms with E-state index in [2.05, 4.69) is 10.3 Å². The number of pyridine rings is 1. The largest absolute Gasteiger partial charge is 0.506 e. The third-order valence-corrected chi connectivity index (χ3v) is 2.40. The van der Waals surface area contributed by atoms with Gasteiger partial charge in [-0.05, 0) is 12.1 Å². The van der Waals surface area contributed by atoms with Crippen molar-refractivity contribution in [1.82, 2.24) is 4.98 Å². The highest BCUT2D eigenvalue weighted by Gasteiger charge is 2.14. The predicted molar refractivity (Wildman–Crippen MR) is 66.9 cm³/mol. The van der Waals surface area contributed by atoms with Gasteiger partial charge < -0.3 is 10.4 Å². The molecule has 1 heterocycles. The molecule has 20 heavy (non-hydrogen) atoms. The molecule has 0 unspecified atom stereocenters. The first-order valence-electron chi connectivity index (χ1n) is 5.36. The third kappa shape index (κ3) is 2.86. The lowest BCUT2D eigenvalue weighted by Gasteiger charge is -2.06. The Morgan fingerprint density at radius 3 is 2.70 bits per heavy atom. The van der Waals surface area contributed by atoms with Crippen molar-refractivity contribution < 1.29 is 19.2 Å². The van der Waals surface area contributed by atoms with E-state index in [1.807, 2.05) is 0 Å². The Morgan fingerprint density at radius 2 is 2.10 bits per heavy atom. The number of carbonyl (C=O) groups excluding carboxylic acids is 1. The summed E-state index contributed by atoms with van der Waals surface area (Å²) in [4.78, 5) is 25.1. The molecule has 2 N–H and O–H groups in total. The van der Waals surface area contributed by atoms with E-state index in [1.165, 1.54) is 6.20 Å². The number of nitro benzene ring substituents is 1. The molecule has 0 bridgehead atoms. The topological polar surface area (TPSA) is 105 Å². The fourth-order valence-electron chi connectivity index (χ4n) is 1.47. The van der Waals surface area contributed by atoms with Gasteiger partial charge >= 0.3 is 0 Å². The van der Waals surface area contributed by atoms with Crippen molar-refractivity contribution >= 4 is 17.3 Å². The van der Waals surface area contributed by atoms with Crippen LogP contribution in [0.1, 0.15) is 10.4 Å². The lowest BCUT2D eigenvalue weighted by Crippen LogP contribution is -2.13. The van der Waals surface area contributed by atoms with Crippen molar-refractivity contribution in [1.29, 1.82) is 0 Å². The fraction of sp³-hybridized carbons (Fsp3) is 0. The van der Waals surface area contributed by atoms with Crippen molar-refractivity contribution in [2.75, 3.05) is 5.32 Å². The molecule has 0 spiro atoms. The first-order chi connectivity index (χ1) is 9.47. The summed E-state index contributed by atoms with van der Waals surface area (Å²) in [5, 5.41) is 21.9. The SMILES string of the molecule is O=C(Nc1ccc([N+](=O)[O-])cc1F)c1cncc(O)c1. The van der Waals surface area contributed by atoms with E-state index in [4.69, 9.17) is 0 Å². The molecule has 0 aliphatic carbocycles. The fourth-order valence-corrected chi connectivity index (χ4v) is 1.47. The maximum absolute atomic E-state index is 13.6. The normalized spacial score (nSPS) is 10.1. The van der Waals surface area contributed by atoms with Gasteiger partial charge in [-0.3, -0.25) is 19.9 Å². The number of nitrogens with one attached hydrogen (secondary N) is 1. The molecule has 7 nitrogen and oxygen atoms in total. The minimum Gasteiger partial charge on any atom is -0.506 e. The van der Waals surface area contributed by atoms with Crippen LogP contribution in [0.4, 0.5) is 15.8 Å². The number of non-ortho nitro benzene ring substituents is 1. The molecule has 1 aromatic heterocycles. The van der Waals surface area contributed by atoms with Crippen LogP contribution >= 0.6 is 0 Å². The van der Waals surface area contributed by atoms with Gasteiger partial charge in [0, 0.05) is 12.3 Å². The van der Waals surface area contributed by atoms with Crippen molar-refractivity contribution in [3.63, 3.8) is 0 Å². The number of aromatic hydroxyl groups is 1. The van der Waals surface area contributed by atoms with Gasteiger partial charge in [0.1, 0.15) is 5.75 Å². The van der Waals surface area contributed by atoms with Crippen LogP contribution in [-0.2, 0) is 0 Å². The quantitative estimate of drug-likeness (QED) is 0.660. The zero-order valence-electron chi connectivity index (χ0n) is 9.91. The van der Waals surface area contributed by atoms with Gasteiger partial charge in [0.05, 0.1) is 28.4 Å². The molecule has 0 atom stereocenters. The average molecular weight is 277 g/mol. The molecule has 0 aliphatic rings. The molecular formula is C12H8FN3O4. The van der Waals surface area contributed by atoms with E-state index in [0.717, 1.165) is 24.4 Å². The molecule has 1 aromatic carbocycles. The summed E-state index contributed by atoms with van der Waals surface area (Å²) < 4.78 is 13.6. The van der Waals surface area contributed by atoms with Crippen LogP contribution in [0.3, 0.4) is 0 Å². The van der Waals surface area contributed by atoms with Gasteiger partial charge in [-0.25, -0.2) is 4.39 Å².